The topological polar surface area (TPSA) is 116 Å². The zero-order valence-corrected chi connectivity index (χ0v) is 13.1. The summed E-state index contributed by atoms with van der Waals surface area (Å²) < 4.78 is 27.7. The van der Waals surface area contributed by atoms with E-state index in [1.54, 1.807) is 6.07 Å². The first-order valence-corrected chi connectivity index (χ1v) is 8.32. The number of methoxy groups -OCH3 is 1. The van der Waals surface area contributed by atoms with Gasteiger partial charge in [-0.05, 0) is 17.7 Å². The standard InChI is InChI=1S/C14H18N2O5S/c1-21-9-12(16-13(17)7-8-15)14(18)10-3-5-11(6-4-10)22(2,19)20/h3-6,12,14,18H,7,9H2,1-2H3,(H,16,17)/t12-,14+/m1/s1. The summed E-state index contributed by atoms with van der Waals surface area (Å²) in [4.78, 5) is 11.6. The van der Waals surface area contributed by atoms with E-state index in [2.05, 4.69) is 5.32 Å². The minimum atomic E-state index is -3.31. The molecule has 120 valence electrons. The normalized spacial score (nSPS) is 13.9. The maximum absolute atomic E-state index is 11.5. The van der Waals surface area contributed by atoms with Crippen molar-refractivity contribution in [3.05, 3.63) is 29.8 Å². The molecule has 2 N–H and O–H groups in total. The molecule has 0 aliphatic rings. The Morgan fingerprint density at radius 1 is 1.41 bits per heavy atom. The zero-order chi connectivity index (χ0) is 16.8. The molecule has 1 rings (SSSR count). The highest BCUT2D eigenvalue weighted by molar-refractivity contribution is 7.90. The molecule has 0 unspecified atom stereocenters. The molecule has 0 fully saturated rings. The lowest BCUT2D eigenvalue weighted by Gasteiger charge is -2.23. The van der Waals surface area contributed by atoms with E-state index < -0.39 is 27.9 Å². The first-order chi connectivity index (χ1) is 10.3. The Kier molecular flexibility index (Phi) is 6.49. The van der Waals surface area contributed by atoms with Crippen molar-refractivity contribution in [2.75, 3.05) is 20.0 Å². The fourth-order valence-electron chi connectivity index (χ4n) is 1.87. The number of benzene rings is 1. The summed E-state index contributed by atoms with van der Waals surface area (Å²) in [6, 6.07) is 6.69. The van der Waals surface area contributed by atoms with Crippen LogP contribution in [0.25, 0.3) is 0 Å². The van der Waals surface area contributed by atoms with Gasteiger partial charge in [-0.2, -0.15) is 5.26 Å². The number of nitrogens with one attached hydrogen (secondary N) is 1. The van der Waals surface area contributed by atoms with Gasteiger partial charge in [0, 0.05) is 13.4 Å². The molecule has 1 aromatic rings. The second kappa shape index (κ2) is 7.89. The highest BCUT2D eigenvalue weighted by atomic mass is 32.2. The molecule has 0 heterocycles. The molecule has 22 heavy (non-hydrogen) atoms. The molecule has 1 amide bonds. The average molecular weight is 326 g/mol. The van der Waals surface area contributed by atoms with Crippen LogP contribution in [0.2, 0.25) is 0 Å². The van der Waals surface area contributed by atoms with Gasteiger partial charge in [0.2, 0.25) is 5.91 Å². The summed E-state index contributed by atoms with van der Waals surface area (Å²) in [6.45, 7) is 0.0478. The fourth-order valence-corrected chi connectivity index (χ4v) is 2.50. The van der Waals surface area contributed by atoms with Gasteiger partial charge in [-0.15, -0.1) is 0 Å². The number of aliphatic hydroxyl groups is 1. The molecule has 8 heteroatoms. The van der Waals surface area contributed by atoms with Crippen LogP contribution in [0.15, 0.2) is 29.2 Å². The van der Waals surface area contributed by atoms with E-state index in [4.69, 9.17) is 10.00 Å². The lowest BCUT2D eigenvalue weighted by molar-refractivity contribution is -0.122. The van der Waals surface area contributed by atoms with Crippen LogP contribution in [0.3, 0.4) is 0 Å². The molecular formula is C14H18N2O5S. The maximum Gasteiger partial charge on any atom is 0.234 e. The number of sulfone groups is 1. The average Bonchev–Trinajstić information content (AvgIpc) is 2.45. The van der Waals surface area contributed by atoms with Gasteiger partial charge in [0.1, 0.15) is 12.5 Å². The van der Waals surface area contributed by atoms with Crippen molar-refractivity contribution < 1.29 is 23.1 Å². The third kappa shape index (κ3) is 5.11. The number of amides is 1. The predicted molar refractivity (Wildman–Crippen MR) is 78.5 cm³/mol. The molecule has 2 atom stereocenters. The third-order valence-electron chi connectivity index (χ3n) is 2.96. The Labute approximate surface area is 129 Å². The number of ether oxygens (including phenoxy) is 1. The zero-order valence-electron chi connectivity index (χ0n) is 12.3. The van der Waals surface area contributed by atoms with Gasteiger partial charge in [-0.25, -0.2) is 8.42 Å². The van der Waals surface area contributed by atoms with Gasteiger partial charge in [0.15, 0.2) is 9.84 Å². The smallest absolute Gasteiger partial charge is 0.234 e. The number of carbonyl (C=O) groups is 1. The summed E-state index contributed by atoms with van der Waals surface area (Å²) in [5.41, 5.74) is 0.437. The van der Waals surface area contributed by atoms with Crippen LogP contribution in [0, 0.1) is 11.3 Å². The van der Waals surface area contributed by atoms with E-state index in [-0.39, 0.29) is 17.9 Å². The number of hydrogen-bond acceptors (Lipinski definition) is 6. The van der Waals surface area contributed by atoms with E-state index in [9.17, 15) is 18.3 Å². The summed E-state index contributed by atoms with van der Waals surface area (Å²) in [5.74, 6) is -0.517. The number of carbonyl (C=O) groups excluding carboxylic acids is 1. The molecular weight excluding hydrogens is 308 g/mol. The highest BCUT2D eigenvalue weighted by Crippen LogP contribution is 2.20. The van der Waals surface area contributed by atoms with Crippen molar-refractivity contribution in [3.8, 4) is 6.07 Å². The predicted octanol–water partition coefficient (Wildman–Crippen LogP) is 0.168. The van der Waals surface area contributed by atoms with Gasteiger partial charge in [-0.3, -0.25) is 4.79 Å². The van der Waals surface area contributed by atoms with Crippen LogP contribution in [0.5, 0.6) is 0 Å². The molecule has 0 radical (unpaired) electrons. The number of hydrogen-bond donors (Lipinski definition) is 2. The van der Waals surface area contributed by atoms with Crippen LogP contribution < -0.4 is 5.32 Å². The lowest BCUT2D eigenvalue weighted by atomic mass is 10.0. The summed E-state index contributed by atoms with van der Waals surface area (Å²) in [6.07, 6.45) is -0.315. The number of nitriles is 1. The van der Waals surface area contributed by atoms with E-state index in [0.29, 0.717) is 5.56 Å². The van der Waals surface area contributed by atoms with Gasteiger partial charge in [-0.1, -0.05) is 12.1 Å². The molecule has 0 saturated heterocycles. The first-order valence-electron chi connectivity index (χ1n) is 6.43. The Morgan fingerprint density at radius 3 is 2.45 bits per heavy atom. The monoisotopic (exact) mass is 326 g/mol. The fraction of sp³-hybridized carbons (Fsp3) is 0.429. The van der Waals surface area contributed by atoms with Gasteiger partial charge >= 0.3 is 0 Å². The Balaban J connectivity index is 2.92. The third-order valence-corrected chi connectivity index (χ3v) is 4.09. The van der Waals surface area contributed by atoms with Crippen LogP contribution in [0.1, 0.15) is 18.1 Å². The number of nitrogens with zero attached hydrogens (tertiary/aromatic N) is 1. The molecule has 0 aliphatic heterocycles. The number of aliphatic hydroxyl groups excluding tert-OH is 1. The van der Waals surface area contributed by atoms with Crippen molar-refractivity contribution in [1.29, 1.82) is 5.26 Å². The SMILES string of the molecule is COC[C@@H](NC(=O)CC#N)[C@@H](O)c1ccc(S(C)(=O)=O)cc1. The Bertz CT molecular complexity index is 649. The van der Waals surface area contributed by atoms with Crippen molar-refractivity contribution >= 4 is 15.7 Å². The first kappa shape index (κ1) is 18.1. The summed E-state index contributed by atoms with van der Waals surface area (Å²) in [7, 11) is -1.89. The molecule has 1 aromatic carbocycles. The Hall–Kier alpha value is -1.95. The number of rotatable bonds is 7. The quantitative estimate of drug-likeness (QED) is 0.737. The molecule has 7 nitrogen and oxygen atoms in total. The van der Waals surface area contributed by atoms with Crippen molar-refractivity contribution in [1.82, 2.24) is 5.32 Å². The van der Waals surface area contributed by atoms with Crippen LogP contribution >= 0.6 is 0 Å². The van der Waals surface area contributed by atoms with E-state index in [0.717, 1.165) is 6.26 Å². The second-order valence-corrected chi connectivity index (χ2v) is 6.77. The van der Waals surface area contributed by atoms with E-state index in [1.807, 2.05) is 0 Å². The molecule has 0 spiro atoms. The summed E-state index contributed by atoms with van der Waals surface area (Å²) in [5, 5.41) is 21.3. The largest absolute Gasteiger partial charge is 0.386 e. The van der Waals surface area contributed by atoms with Crippen LogP contribution in [-0.4, -0.2) is 45.4 Å². The van der Waals surface area contributed by atoms with Crippen molar-refractivity contribution in [2.45, 2.75) is 23.5 Å². The lowest BCUT2D eigenvalue weighted by Crippen LogP contribution is -2.42. The highest BCUT2D eigenvalue weighted by Gasteiger charge is 2.23. The molecule has 0 bridgehead atoms. The van der Waals surface area contributed by atoms with Gasteiger partial charge in [0.05, 0.1) is 23.6 Å². The summed E-state index contributed by atoms with van der Waals surface area (Å²) >= 11 is 0. The Morgan fingerprint density at radius 2 is 2.00 bits per heavy atom. The maximum atomic E-state index is 11.5. The molecule has 0 aromatic heterocycles. The molecule has 0 aliphatic carbocycles. The van der Waals surface area contributed by atoms with Gasteiger partial charge < -0.3 is 15.2 Å². The molecule has 0 saturated carbocycles. The van der Waals surface area contributed by atoms with Crippen molar-refractivity contribution in [3.63, 3.8) is 0 Å². The minimum Gasteiger partial charge on any atom is -0.386 e. The van der Waals surface area contributed by atoms with E-state index in [1.165, 1.54) is 31.4 Å². The van der Waals surface area contributed by atoms with E-state index >= 15 is 0 Å². The van der Waals surface area contributed by atoms with Gasteiger partial charge in [0.25, 0.3) is 0 Å². The van der Waals surface area contributed by atoms with Crippen molar-refractivity contribution in [2.24, 2.45) is 0 Å². The van der Waals surface area contributed by atoms with Crippen LogP contribution in [-0.2, 0) is 19.4 Å². The van der Waals surface area contributed by atoms with Crippen LogP contribution in [0.4, 0.5) is 0 Å². The second-order valence-electron chi connectivity index (χ2n) is 4.75. The minimum absolute atomic E-state index is 0.0478.